The summed E-state index contributed by atoms with van der Waals surface area (Å²) in [5, 5.41) is 10.5. The lowest BCUT2D eigenvalue weighted by molar-refractivity contribution is -0.384. The molecule has 1 aliphatic heterocycles. The standard InChI is InChI=1S/C11H14N2O4S/c14-13(15)11-3-1-10(2-4-11)9-12-5-7-18(16,17)8-6-12/h1-4H,5-9H2. The Labute approximate surface area is 105 Å². The van der Waals surface area contributed by atoms with Crippen LogP contribution in [0.1, 0.15) is 5.56 Å². The van der Waals surface area contributed by atoms with Crippen LogP contribution in [-0.2, 0) is 16.4 Å². The molecule has 1 aromatic rings. The first-order valence-corrected chi connectivity index (χ1v) is 7.44. The van der Waals surface area contributed by atoms with Crippen molar-refractivity contribution in [1.82, 2.24) is 4.90 Å². The number of hydrogen-bond donors (Lipinski definition) is 0. The van der Waals surface area contributed by atoms with Gasteiger partial charge in [-0.2, -0.15) is 0 Å². The van der Waals surface area contributed by atoms with Crippen LogP contribution in [0, 0.1) is 10.1 Å². The predicted molar refractivity (Wildman–Crippen MR) is 67.0 cm³/mol. The molecule has 7 heteroatoms. The molecule has 1 fully saturated rings. The quantitative estimate of drug-likeness (QED) is 0.600. The second-order valence-electron chi connectivity index (χ2n) is 4.35. The summed E-state index contributed by atoms with van der Waals surface area (Å²) < 4.78 is 22.5. The Morgan fingerprint density at radius 3 is 2.22 bits per heavy atom. The lowest BCUT2D eigenvalue weighted by Crippen LogP contribution is -2.39. The van der Waals surface area contributed by atoms with Crippen LogP contribution < -0.4 is 0 Å². The van der Waals surface area contributed by atoms with E-state index in [1.54, 1.807) is 12.1 Å². The average Bonchev–Trinajstić information content (AvgIpc) is 2.33. The molecule has 0 N–H and O–H groups in total. The van der Waals surface area contributed by atoms with Gasteiger partial charge in [0.1, 0.15) is 0 Å². The van der Waals surface area contributed by atoms with E-state index in [0.29, 0.717) is 19.6 Å². The highest BCUT2D eigenvalue weighted by Gasteiger charge is 2.21. The van der Waals surface area contributed by atoms with Gasteiger partial charge < -0.3 is 0 Å². The van der Waals surface area contributed by atoms with Crippen molar-refractivity contribution >= 4 is 15.5 Å². The smallest absolute Gasteiger partial charge is 0.269 e. The maximum Gasteiger partial charge on any atom is 0.269 e. The zero-order chi connectivity index (χ0) is 13.2. The fourth-order valence-electron chi connectivity index (χ4n) is 1.89. The number of non-ortho nitro benzene ring substituents is 1. The van der Waals surface area contributed by atoms with E-state index in [1.807, 2.05) is 4.90 Å². The summed E-state index contributed by atoms with van der Waals surface area (Å²) in [5.74, 6) is 0.389. The van der Waals surface area contributed by atoms with Crippen LogP contribution in [0.5, 0.6) is 0 Å². The SMILES string of the molecule is O=[N+]([O-])c1ccc(CN2CCS(=O)(=O)CC2)cc1. The highest BCUT2D eigenvalue weighted by Crippen LogP contribution is 2.14. The van der Waals surface area contributed by atoms with Gasteiger partial charge in [-0.25, -0.2) is 8.42 Å². The van der Waals surface area contributed by atoms with Crippen LogP contribution in [0.25, 0.3) is 0 Å². The molecule has 1 saturated heterocycles. The van der Waals surface area contributed by atoms with Gasteiger partial charge in [0.2, 0.25) is 0 Å². The van der Waals surface area contributed by atoms with Gasteiger partial charge in [0.25, 0.3) is 5.69 Å². The number of hydrogen-bond acceptors (Lipinski definition) is 5. The Bertz CT molecular complexity index is 525. The van der Waals surface area contributed by atoms with Crippen molar-refractivity contribution in [2.75, 3.05) is 24.6 Å². The molecular formula is C11H14N2O4S. The molecule has 0 saturated carbocycles. The van der Waals surface area contributed by atoms with E-state index in [9.17, 15) is 18.5 Å². The highest BCUT2D eigenvalue weighted by atomic mass is 32.2. The van der Waals surface area contributed by atoms with E-state index in [0.717, 1.165) is 5.56 Å². The first-order valence-electron chi connectivity index (χ1n) is 5.62. The number of nitro groups is 1. The van der Waals surface area contributed by atoms with Gasteiger partial charge in [0.05, 0.1) is 16.4 Å². The van der Waals surface area contributed by atoms with Crippen molar-refractivity contribution in [1.29, 1.82) is 0 Å². The van der Waals surface area contributed by atoms with Crippen LogP contribution in [0.2, 0.25) is 0 Å². The maximum absolute atomic E-state index is 11.3. The van der Waals surface area contributed by atoms with Crippen molar-refractivity contribution in [3.05, 3.63) is 39.9 Å². The van der Waals surface area contributed by atoms with Gasteiger partial charge in [0, 0.05) is 31.8 Å². The second-order valence-corrected chi connectivity index (χ2v) is 6.66. The molecule has 1 aromatic carbocycles. The largest absolute Gasteiger partial charge is 0.297 e. The Hall–Kier alpha value is -1.47. The minimum absolute atomic E-state index is 0.0694. The van der Waals surface area contributed by atoms with Crippen LogP contribution in [0.3, 0.4) is 0 Å². The Balaban J connectivity index is 1.96. The number of rotatable bonds is 3. The normalized spacial score (nSPS) is 19.6. The van der Waals surface area contributed by atoms with Crippen LogP contribution >= 0.6 is 0 Å². The number of nitro benzene ring substituents is 1. The van der Waals surface area contributed by atoms with Gasteiger partial charge in [-0.1, -0.05) is 12.1 Å². The number of sulfone groups is 1. The molecule has 0 atom stereocenters. The van der Waals surface area contributed by atoms with Gasteiger partial charge in [-0.3, -0.25) is 15.0 Å². The molecule has 6 nitrogen and oxygen atoms in total. The third-order valence-corrected chi connectivity index (χ3v) is 4.60. The summed E-state index contributed by atoms with van der Waals surface area (Å²) in [6.07, 6.45) is 0. The summed E-state index contributed by atoms with van der Waals surface area (Å²) in [7, 11) is -2.86. The molecule has 0 aliphatic carbocycles. The van der Waals surface area contributed by atoms with Crippen molar-refractivity contribution in [2.45, 2.75) is 6.54 Å². The van der Waals surface area contributed by atoms with E-state index >= 15 is 0 Å². The van der Waals surface area contributed by atoms with Crippen molar-refractivity contribution in [2.24, 2.45) is 0 Å². The molecule has 1 aliphatic rings. The zero-order valence-electron chi connectivity index (χ0n) is 9.78. The molecule has 98 valence electrons. The molecule has 2 rings (SSSR count). The molecule has 0 spiro atoms. The summed E-state index contributed by atoms with van der Waals surface area (Å²) in [5.41, 5.74) is 1.03. The Morgan fingerprint density at radius 1 is 1.17 bits per heavy atom. The van der Waals surface area contributed by atoms with Crippen LogP contribution in [0.15, 0.2) is 24.3 Å². The fourth-order valence-corrected chi connectivity index (χ4v) is 3.17. The van der Waals surface area contributed by atoms with Gasteiger partial charge in [-0.05, 0) is 5.56 Å². The average molecular weight is 270 g/mol. The first-order chi connectivity index (χ1) is 8.46. The highest BCUT2D eigenvalue weighted by molar-refractivity contribution is 7.91. The third-order valence-electron chi connectivity index (χ3n) is 2.99. The molecule has 0 unspecified atom stereocenters. The van der Waals surface area contributed by atoms with Gasteiger partial charge >= 0.3 is 0 Å². The van der Waals surface area contributed by atoms with Gasteiger partial charge in [-0.15, -0.1) is 0 Å². The Kier molecular flexibility index (Phi) is 3.63. The van der Waals surface area contributed by atoms with E-state index in [4.69, 9.17) is 0 Å². The van der Waals surface area contributed by atoms with E-state index in [2.05, 4.69) is 0 Å². The summed E-state index contributed by atoms with van der Waals surface area (Å²) in [6.45, 7) is 1.69. The van der Waals surface area contributed by atoms with Crippen molar-refractivity contribution < 1.29 is 13.3 Å². The Morgan fingerprint density at radius 2 is 1.72 bits per heavy atom. The second kappa shape index (κ2) is 5.03. The molecule has 18 heavy (non-hydrogen) atoms. The van der Waals surface area contributed by atoms with Crippen LogP contribution in [0.4, 0.5) is 5.69 Å². The zero-order valence-corrected chi connectivity index (χ0v) is 10.6. The number of nitrogens with zero attached hydrogens (tertiary/aromatic N) is 2. The lowest BCUT2D eigenvalue weighted by atomic mass is 10.2. The molecule has 1 heterocycles. The summed E-state index contributed by atoms with van der Waals surface area (Å²) in [6, 6.07) is 6.36. The molecule has 0 bridgehead atoms. The van der Waals surface area contributed by atoms with Crippen molar-refractivity contribution in [3.63, 3.8) is 0 Å². The van der Waals surface area contributed by atoms with E-state index < -0.39 is 14.8 Å². The predicted octanol–water partition coefficient (Wildman–Crippen LogP) is 0.825. The topological polar surface area (TPSA) is 80.5 Å². The lowest BCUT2D eigenvalue weighted by Gasteiger charge is -2.26. The van der Waals surface area contributed by atoms with E-state index in [-0.39, 0.29) is 17.2 Å². The monoisotopic (exact) mass is 270 g/mol. The van der Waals surface area contributed by atoms with Crippen LogP contribution in [-0.4, -0.2) is 42.8 Å². The summed E-state index contributed by atoms with van der Waals surface area (Å²) in [4.78, 5) is 12.1. The molecular weight excluding hydrogens is 256 g/mol. The van der Waals surface area contributed by atoms with Gasteiger partial charge in [0.15, 0.2) is 9.84 Å². The minimum Gasteiger partial charge on any atom is -0.297 e. The van der Waals surface area contributed by atoms with Crippen molar-refractivity contribution in [3.8, 4) is 0 Å². The number of benzene rings is 1. The molecule has 0 radical (unpaired) electrons. The maximum atomic E-state index is 11.3. The fraction of sp³-hybridized carbons (Fsp3) is 0.455. The molecule has 0 aromatic heterocycles. The summed E-state index contributed by atoms with van der Waals surface area (Å²) >= 11 is 0. The third kappa shape index (κ3) is 3.27. The minimum atomic E-state index is -2.86. The molecule has 0 amide bonds. The first kappa shape index (κ1) is 13.0. The van der Waals surface area contributed by atoms with E-state index in [1.165, 1.54) is 12.1 Å².